The van der Waals surface area contributed by atoms with Crippen molar-refractivity contribution >= 4 is 28.7 Å². The maximum absolute atomic E-state index is 12.4. The first-order valence-corrected chi connectivity index (χ1v) is 7.69. The Balaban J connectivity index is 2.18. The van der Waals surface area contributed by atoms with Gasteiger partial charge in [0.05, 0.1) is 27.2 Å². The number of amides is 1. The fourth-order valence-electron chi connectivity index (χ4n) is 2.31. The topological polar surface area (TPSA) is 107 Å². The van der Waals surface area contributed by atoms with Crippen LogP contribution in [0.4, 0.5) is 0 Å². The first kappa shape index (κ1) is 18.3. The maximum atomic E-state index is 12.4. The highest BCUT2D eigenvalue weighted by Gasteiger charge is 2.26. The summed E-state index contributed by atoms with van der Waals surface area (Å²) in [5.74, 6) is -1.21. The first-order valence-electron chi connectivity index (χ1n) is 7.69. The maximum Gasteiger partial charge on any atom is 0.328 e. The van der Waals surface area contributed by atoms with Crippen molar-refractivity contribution in [1.82, 2.24) is 10.3 Å². The van der Waals surface area contributed by atoms with Crippen molar-refractivity contribution in [2.24, 2.45) is 0 Å². The van der Waals surface area contributed by atoms with E-state index in [0.29, 0.717) is 12.4 Å². The van der Waals surface area contributed by atoms with E-state index in [9.17, 15) is 14.4 Å². The van der Waals surface area contributed by atoms with Gasteiger partial charge in [-0.3, -0.25) is 9.59 Å². The molecule has 0 aliphatic heterocycles. The van der Waals surface area contributed by atoms with Gasteiger partial charge in [-0.2, -0.15) is 0 Å². The predicted octanol–water partition coefficient (Wildman–Crippen LogP) is 1.40. The summed E-state index contributed by atoms with van der Waals surface area (Å²) >= 11 is 0. The summed E-state index contributed by atoms with van der Waals surface area (Å²) in [6, 6.07) is 5.92. The number of methoxy groups -OCH3 is 2. The molecule has 0 fully saturated rings. The summed E-state index contributed by atoms with van der Waals surface area (Å²) in [7, 11) is 2.38. The number of esters is 2. The lowest BCUT2D eigenvalue weighted by Crippen LogP contribution is -2.43. The number of benzene rings is 1. The zero-order valence-electron chi connectivity index (χ0n) is 14.3. The van der Waals surface area contributed by atoms with E-state index in [0.717, 1.165) is 10.9 Å². The van der Waals surface area contributed by atoms with Crippen LogP contribution in [0.3, 0.4) is 0 Å². The van der Waals surface area contributed by atoms with Crippen LogP contribution in [0, 0.1) is 0 Å². The minimum absolute atomic E-state index is 0.252. The van der Waals surface area contributed by atoms with Gasteiger partial charge in [0.2, 0.25) is 0 Å². The van der Waals surface area contributed by atoms with Gasteiger partial charge in [0.25, 0.3) is 5.91 Å². The lowest BCUT2D eigenvalue weighted by molar-refractivity contribution is -0.149. The van der Waals surface area contributed by atoms with Crippen LogP contribution in [-0.2, 0) is 19.1 Å². The molecular formula is C17H20N2O6. The van der Waals surface area contributed by atoms with Crippen molar-refractivity contribution < 1.29 is 28.6 Å². The Morgan fingerprint density at radius 3 is 2.56 bits per heavy atom. The van der Waals surface area contributed by atoms with Crippen LogP contribution in [-0.4, -0.2) is 49.7 Å². The number of H-pyrrole nitrogens is 1. The molecule has 25 heavy (non-hydrogen) atoms. The molecule has 0 saturated carbocycles. The standard InChI is InChI=1S/C17H20N2O6/c1-4-25-11-6-5-10-7-13(18-12(10)8-11)16(21)19-14(17(22)24-3)9-15(20)23-2/h5-8,14,18H,4,9H2,1-3H3,(H,19,21)/t14-/m1/s1. The third-order valence-corrected chi connectivity index (χ3v) is 3.54. The van der Waals surface area contributed by atoms with E-state index in [-0.39, 0.29) is 12.1 Å². The molecule has 0 radical (unpaired) electrons. The van der Waals surface area contributed by atoms with E-state index in [1.54, 1.807) is 18.2 Å². The molecular weight excluding hydrogens is 328 g/mol. The number of hydrogen-bond acceptors (Lipinski definition) is 6. The monoisotopic (exact) mass is 348 g/mol. The van der Waals surface area contributed by atoms with Gasteiger partial charge in [-0.05, 0) is 25.1 Å². The molecule has 0 saturated heterocycles. The van der Waals surface area contributed by atoms with Crippen LogP contribution in [0.5, 0.6) is 5.75 Å². The van der Waals surface area contributed by atoms with Crippen LogP contribution in [0.25, 0.3) is 10.9 Å². The Kier molecular flexibility index (Phi) is 5.99. The molecule has 0 spiro atoms. The Morgan fingerprint density at radius 1 is 1.16 bits per heavy atom. The highest BCUT2D eigenvalue weighted by atomic mass is 16.5. The fraction of sp³-hybridized carbons (Fsp3) is 0.353. The summed E-state index contributed by atoms with van der Waals surface area (Å²) in [5.41, 5.74) is 0.973. The molecule has 1 atom stereocenters. The Morgan fingerprint density at radius 2 is 1.92 bits per heavy atom. The minimum atomic E-state index is -1.13. The molecule has 1 aromatic heterocycles. The summed E-state index contributed by atoms with van der Waals surface area (Å²) < 4.78 is 14.6. The van der Waals surface area contributed by atoms with Crippen molar-refractivity contribution in [3.05, 3.63) is 30.0 Å². The van der Waals surface area contributed by atoms with Crippen LogP contribution in [0.15, 0.2) is 24.3 Å². The molecule has 0 unspecified atom stereocenters. The number of aromatic nitrogens is 1. The van der Waals surface area contributed by atoms with Gasteiger partial charge in [0.15, 0.2) is 0 Å². The normalized spacial score (nSPS) is 11.6. The minimum Gasteiger partial charge on any atom is -0.494 e. The van der Waals surface area contributed by atoms with Gasteiger partial charge in [0, 0.05) is 17.0 Å². The van der Waals surface area contributed by atoms with Crippen molar-refractivity contribution in [3.63, 3.8) is 0 Å². The fourth-order valence-corrected chi connectivity index (χ4v) is 2.31. The first-order chi connectivity index (χ1) is 12.0. The number of aromatic amines is 1. The zero-order valence-corrected chi connectivity index (χ0v) is 14.3. The van der Waals surface area contributed by atoms with Crippen LogP contribution < -0.4 is 10.1 Å². The van der Waals surface area contributed by atoms with Gasteiger partial charge >= 0.3 is 11.9 Å². The second-order valence-electron chi connectivity index (χ2n) is 5.19. The molecule has 1 heterocycles. The summed E-state index contributed by atoms with van der Waals surface area (Å²) in [5, 5.41) is 3.29. The number of carbonyl (C=O) groups excluding carboxylic acids is 3. The second-order valence-corrected chi connectivity index (χ2v) is 5.19. The highest BCUT2D eigenvalue weighted by Crippen LogP contribution is 2.21. The van der Waals surface area contributed by atoms with E-state index in [2.05, 4.69) is 19.8 Å². The van der Waals surface area contributed by atoms with Gasteiger partial charge < -0.3 is 24.5 Å². The molecule has 1 aromatic carbocycles. The van der Waals surface area contributed by atoms with Crippen molar-refractivity contribution in [3.8, 4) is 5.75 Å². The summed E-state index contributed by atoms with van der Waals surface area (Å²) in [6.45, 7) is 2.42. The number of ether oxygens (including phenoxy) is 3. The number of nitrogens with one attached hydrogen (secondary N) is 2. The molecule has 2 aromatic rings. The molecule has 2 rings (SSSR count). The van der Waals surface area contributed by atoms with Crippen molar-refractivity contribution in [2.75, 3.05) is 20.8 Å². The second kappa shape index (κ2) is 8.18. The summed E-state index contributed by atoms with van der Waals surface area (Å²) in [6.07, 6.45) is -0.316. The Bertz CT molecular complexity index is 783. The van der Waals surface area contributed by atoms with Gasteiger partial charge in [-0.1, -0.05) is 0 Å². The molecule has 0 bridgehead atoms. The summed E-state index contributed by atoms with van der Waals surface area (Å²) in [4.78, 5) is 38.5. The average Bonchev–Trinajstić information content (AvgIpc) is 3.04. The molecule has 134 valence electrons. The lowest BCUT2D eigenvalue weighted by Gasteiger charge is -2.14. The van der Waals surface area contributed by atoms with E-state index in [4.69, 9.17) is 4.74 Å². The third kappa shape index (κ3) is 4.50. The van der Waals surface area contributed by atoms with E-state index >= 15 is 0 Å². The molecule has 2 N–H and O–H groups in total. The van der Waals surface area contributed by atoms with Crippen molar-refractivity contribution in [1.29, 1.82) is 0 Å². The van der Waals surface area contributed by atoms with Crippen molar-refractivity contribution in [2.45, 2.75) is 19.4 Å². The Labute approximate surface area is 144 Å². The largest absolute Gasteiger partial charge is 0.494 e. The van der Waals surface area contributed by atoms with Gasteiger partial charge in [-0.25, -0.2) is 4.79 Å². The number of fused-ring (bicyclic) bond motifs is 1. The molecule has 8 heteroatoms. The Hall–Kier alpha value is -3.03. The molecule has 8 nitrogen and oxygen atoms in total. The average molecular weight is 348 g/mol. The van der Waals surface area contributed by atoms with E-state index in [1.807, 2.05) is 13.0 Å². The highest BCUT2D eigenvalue weighted by molar-refractivity contribution is 6.00. The SMILES string of the molecule is CCOc1ccc2cc(C(=O)N[C@H](CC(=O)OC)C(=O)OC)[nH]c2c1. The number of rotatable bonds is 7. The quantitative estimate of drug-likeness (QED) is 0.733. The van der Waals surface area contributed by atoms with Crippen LogP contribution in [0.2, 0.25) is 0 Å². The van der Waals surface area contributed by atoms with Gasteiger partial charge in [-0.15, -0.1) is 0 Å². The van der Waals surface area contributed by atoms with Crippen LogP contribution >= 0.6 is 0 Å². The molecule has 0 aliphatic carbocycles. The van der Waals surface area contributed by atoms with Gasteiger partial charge in [0.1, 0.15) is 17.5 Å². The number of hydrogen-bond donors (Lipinski definition) is 2. The molecule has 1 amide bonds. The number of carbonyl (C=O) groups is 3. The van der Waals surface area contributed by atoms with E-state index in [1.165, 1.54) is 14.2 Å². The smallest absolute Gasteiger partial charge is 0.328 e. The molecule has 0 aliphatic rings. The third-order valence-electron chi connectivity index (χ3n) is 3.54. The predicted molar refractivity (Wildman–Crippen MR) is 89.4 cm³/mol. The van der Waals surface area contributed by atoms with Crippen LogP contribution in [0.1, 0.15) is 23.8 Å². The van der Waals surface area contributed by atoms with E-state index < -0.39 is 23.9 Å². The lowest BCUT2D eigenvalue weighted by atomic mass is 10.2. The zero-order chi connectivity index (χ0) is 18.4.